The van der Waals surface area contributed by atoms with E-state index in [0.29, 0.717) is 24.9 Å². The van der Waals surface area contributed by atoms with Crippen molar-refractivity contribution in [3.63, 3.8) is 0 Å². The summed E-state index contributed by atoms with van der Waals surface area (Å²) in [4.78, 5) is 12.4. The van der Waals surface area contributed by atoms with Gasteiger partial charge in [-0.15, -0.1) is 0 Å². The molecule has 4 aliphatic rings. The lowest BCUT2D eigenvalue weighted by Gasteiger charge is -2.58. The van der Waals surface area contributed by atoms with Gasteiger partial charge in [-0.25, -0.2) is 0 Å². The zero-order valence-corrected chi connectivity index (χ0v) is 17.7. The van der Waals surface area contributed by atoms with Gasteiger partial charge >= 0.3 is 0 Å². The highest BCUT2D eigenvalue weighted by Gasteiger charge is 2.76. The van der Waals surface area contributed by atoms with Crippen LogP contribution in [0, 0.1) is 22.7 Å². The maximum atomic E-state index is 12.4. The summed E-state index contributed by atoms with van der Waals surface area (Å²) in [5.41, 5.74) is -0.284. The SMILES string of the molecule is COC1(O)C(O)O[C@H](C[C@]2(C)[C@H](C)CC[C@]3(C)C(C(C)=O)=CCC[C@@H]23)[C@@]12CO2. The number of hydrogen-bond donors (Lipinski definition) is 2. The molecule has 2 saturated heterocycles. The van der Waals surface area contributed by atoms with E-state index < -0.39 is 23.8 Å². The zero-order valence-electron chi connectivity index (χ0n) is 17.7. The van der Waals surface area contributed by atoms with Crippen molar-refractivity contribution in [2.45, 2.75) is 83.6 Å². The summed E-state index contributed by atoms with van der Waals surface area (Å²) >= 11 is 0. The topological polar surface area (TPSA) is 88.5 Å². The van der Waals surface area contributed by atoms with Gasteiger partial charge in [0.25, 0.3) is 5.79 Å². The standard InChI is InChI=1S/C22H34O6/c1-13-9-10-19(3)15(14(2)23)7-6-8-16(19)20(13,4)11-17-21(12-27-21)22(25,26-5)18(24)28-17/h7,13,16-18,24-25H,6,8-12H2,1-5H3/t13-,16-,17-,18?,19-,20-,21+,22?/m1/s1. The summed E-state index contributed by atoms with van der Waals surface area (Å²) in [5.74, 6) is -0.899. The summed E-state index contributed by atoms with van der Waals surface area (Å²) in [7, 11) is 1.37. The van der Waals surface area contributed by atoms with E-state index in [9.17, 15) is 15.0 Å². The van der Waals surface area contributed by atoms with Crippen molar-refractivity contribution in [2.24, 2.45) is 22.7 Å². The summed E-state index contributed by atoms with van der Waals surface area (Å²) in [6, 6.07) is 0. The minimum absolute atomic E-state index is 0.107. The van der Waals surface area contributed by atoms with Crippen LogP contribution < -0.4 is 0 Å². The lowest BCUT2D eigenvalue weighted by molar-refractivity contribution is -0.288. The number of rotatable bonds is 4. The summed E-state index contributed by atoms with van der Waals surface area (Å²) in [6.45, 7) is 8.80. The van der Waals surface area contributed by atoms with E-state index in [0.717, 1.165) is 31.3 Å². The average Bonchev–Trinajstić information content (AvgIpc) is 3.42. The van der Waals surface area contributed by atoms with Gasteiger partial charge in [0, 0.05) is 7.11 Å². The van der Waals surface area contributed by atoms with Crippen LogP contribution in [0.5, 0.6) is 0 Å². The molecule has 4 rings (SSSR count). The molecular weight excluding hydrogens is 360 g/mol. The highest BCUT2D eigenvalue weighted by atomic mass is 16.8. The Morgan fingerprint density at radius 3 is 2.61 bits per heavy atom. The number of aliphatic hydroxyl groups is 2. The molecule has 0 amide bonds. The smallest absolute Gasteiger partial charge is 0.252 e. The molecule has 2 aliphatic carbocycles. The molecule has 1 saturated carbocycles. The third kappa shape index (κ3) is 2.48. The number of fused-ring (bicyclic) bond motifs is 1. The van der Waals surface area contributed by atoms with Crippen LogP contribution in [0.25, 0.3) is 0 Å². The molecular formula is C22H34O6. The van der Waals surface area contributed by atoms with Crippen LogP contribution >= 0.6 is 0 Å². The van der Waals surface area contributed by atoms with Crippen molar-refractivity contribution in [2.75, 3.05) is 13.7 Å². The maximum Gasteiger partial charge on any atom is 0.252 e. The van der Waals surface area contributed by atoms with Crippen molar-refractivity contribution < 1.29 is 29.2 Å². The monoisotopic (exact) mass is 394 g/mol. The minimum Gasteiger partial charge on any atom is -0.364 e. The molecule has 2 aliphatic heterocycles. The largest absolute Gasteiger partial charge is 0.364 e. The molecule has 2 unspecified atom stereocenters. The van der Waals surface area contributed by atoms with Crippen LogP contribution in [0.15, 0.2) is 11.6 Å². The maximum absolute atomic E-state index is 12.4. The third-order valence-electron chi connectivity index (χ3n) is 8.73. The number of epoxide rings is 1. The highest BCUT2D eigenvalue weighted by Crippen LogP contribution is 2.64. The van der Waals surface area contributed by atoms with Gasteiger partial charge in [-0.1, -0.05) is 26.8 Å². The number of aliphatic hydroxyl groups excluding tert-OH is 1. The number of Topliss-reactive ketones (excluding diaryl/α,β-unsaturated/α-hetero) is 1. The molecule has 3 fully saturated rings. The molecule has 2 N–H and O–H groups in total. The molecule has 0 aromatic heterocycles. The molecule has 0 aromatic rings. The molecule has 0 aromatic carbocycles. The lowest BCUT2D eigenvalue weighted by Crippen LogP contribution is -2.55. The van der Waals surface area contributed by atoms with E-state index in [4.69, 9.17) is 14.2 Å². The Bertz CT molecular complexity index is 699. The second kappa shape index (κ2) is 6.35. The fraction of sp³-hybridized carbons (Fsp3) is 0.864. The number of hydrogen-bond acceptors (Lipinski definition) is 6. The first-order valence-electron chi connectivity index (χ1n) is 10.5. The number of ether oxygens (including phenoxy) is 3. The highest BCUT2D eigenvalue weighted by molar-refractivity contribution is 5.94. The van der Waals surface area contributed by atoms with E-state index >= 15 is 0 Å². The lowest BCUT2D eigenvalue weighted by atomic mass is 9.46. The number of ketones is 1. The predicted octanol–water partition coefficient (Wildman–Crippen LogP) is 2.57. The Hall–Kier alpha value is -0.790. The quantitative estimate of drug-likeness (QED) is 0.563. The van der Waals surface area contributed by atoms with Crippen LogP contribution in [-0.4, -0.2) is 53.5 Å². The van der Waals surface area contributed by atoms with Crippen LogP contribution in [0.3, 0.4) is 0 Å². The fourth-order valence-electron chi connectivity index (χ4n) is 6.73. The van der Waals surface area contributed by atoms with E-state index in [1.807, 2.05) is 0 Å². The van der Waals surface area contributed by atoms with E-state index in [1.165, 1.54) is 7.11 Å². The molecule has 0 bridgehead atoms. The van der Waals surface area contributed by atoms with E-state index in [1.54, 1.807) is 6.92 Å². The number of methoxy groups -OCH3 is 1. The molecule has 6 nitrogen and oxygen atoms in total. The van der Waals surface area contributed by atoms with E-state index in [-0.39, 0.29) is 16.6 Å². The summed E-state index contributed by atoms with van der Waals surface area (Å²) in [5, 5.41) is 21.2. The third-order valence-corrected chi connectivity index (χ3v) is 8.73. The van der Waals surface area contributed by atoms with Crippen LogP contribution in [0.4, 0.5) is 0 Å². The number of carbonyl (C=O) groups excluding carboxylic acids is 1. The second-order valence-corrected chi connectivity index (χ2v) is 9.93. The first-order valence-corrected chi connectivity index (χ1v) is 10.5. The Balaban J connectivity index is 1.67. The van der Waals surface area contributed by atoms with Gasteiger partial charge in [-0.2, -0.15) is 0 Å². The van der Waals surface area contributed by atoms with Crippen molar-refractivity contribution in [3.8, 4) is 0 Å². The Morgan fingerprint density at radius 2 is 2.04 bits per heavy atom. The molecule has 1 spiro atoms. The van der Waals surface area contributed by atoms with Gasteiger partial charge in [0.15, 0.2) is 11.4 Å². The normalized spacial score (nSPS) is 53.0. The van der Waals surface area contributed by atoms with Crippen molar-refractivity contribution in [1.82, 2.24) is 0 Å². The summed E-state index contributed by atoms with van der Waals surface area (Å²) in [6.07, 6.45) is 4.90. The molecule has 158 valence electrons. The fourth-order valence-corrected chi connectivity index (χ4v) is 6.73. The van der Waals surface area contributed by atoms with Gasteiger partial charge in [-0.3, -0.25) is 4.79 Å². The molecule has 8 atom stereocenters. The number of allylic oxidation sites excluding steroid dienone is 2. The second-order valence-electron chi connectivity index (χ2n) is 9.93. The first kappa shape index (κ1) is 20.5. The zero-order chi connectivity index (χ0) is 20.5. The molecule has 2 heterocycles. The average molecular weight is 395 g/mol. The van der Waals surface area contributed by atoms with Crippen molar-refractivity contribution >= 4 is 5.78 Å². The van der Waals surface area contributed by atoms with Gasteiger partial charge in [-0.05, 0) is 67.3 Å². The first-order chi connectivity index (χ1) is 13.0. The van der Waals surface area contributed by atoms with Gasteiger partial charge in [0.05, 0.1) is 12.7 Å². The summed E-state index contributed by atoms with van der Waals surface area (Å²) < 4.78 is 16.7. The Morgan fingerprint density at radius 1 is 1.36 bits per heavy atom. The minimum atomic E-state index is -1.84. The van der Waals surface area contributed by atoms with Gasteiger partial charge in [0.1, 0.15) is 0 Å². The van der Waals surface area contributed by atoms with Gasteiger partial charge < -0.3 is 24.4 Å². The van der Waals surface area contributed by atoms with Crippen LogP contribution in [-0.2, 0) is 19.0 Å². The van der Waals surface area contributed by atoms with Crippen LogP contribution in [0.1, 0.15) is 59.8 Å². The molecule has 28 heavy (non-hydrogen) atoms. The van der Waals surface area contributed by atoms with Crippen molar-refractivity contribution in [3.05, 3.63) is 11.6 Å². The Labute approximate surface area is 167 Å². The number of carbonyl (C=O) groups is 1. The van der Waals surface area contributed by atoms with Crippen molar-refractivity contribution in [1.29, 1.82) is 0 Å². The van der Waals surface area contributed by atoms with E-state index in [2.05, 4.69) is 26.8 Å². The predicted molar refractivity (Wildman–Crippen MR) is 102 cm³/mol. The Kier molecular flexibility index (Phi) is 4.65. The molecule has 6 heteroatoms. The molecule has 0 radical (unpaired) electrons. The van der Waals surface area contributed by atoms with Gasteiger partial charge in [0.2, 0.25) is 6.29 Å². The van der Waals surface area contributed by atoms with Crippen LogP contribution in [0.2, 0.25) is 0 Å².